The largest absolute Gasteiger partial charge is 0.497 e. The highest BCUT2D eigenvalue weighted by atomic mass is 35.5. The van der Waals surface area contributed by atoms with Gasteiger partial charge in [0.05, 0.1) is 25.5 Å². The zero-order valence-electron chi connectivity index (χ0n) is 17.2. The summed E-state index contributed by atoms with van der Waals surface area (Å²) in [7, 11) is -0.747. The van der Waals surface area contributed by atoms with E-state index in [9.17, 15) is 13.2 Å². The summed E-state index contributed by atoms with van der Waals surface area (Å²) in [6.45, 7) is 0. The molecule has 11 heteroatoms. The van der Waals surface area contributed by atoms with E-state index in [0.29, 0.717) is 33.4 Å². The molecule has 1 amide bonds. The van der Waals surface area contributed by atoms with Gasteiger partial charge < -0.3 is 14.2 Å². The number of aromatic nitrogens is 1. The number of carbonyl (C=O) groups is 1. The third-order valence-electron chi connectivity index (χ3n) is 4.21. The van der Waals surface area contributed by atoms with Crippen LogP contribution >= 0.6 is 23.2 Å². The fourth-order valence-electron chi connectivity index (χ4n) is 2.74. The van der Waals surface area contributed by atoms with Crippen molar-refractivity contribution in [3.05, 3.63) is 64.3 Å². The summed E-state index contributed by atoms with van der Waals surface area (Å²) < 4.78 is 40.8. The maximum Gasteiger partial charge on any atom is 0.264 e. The number of rotatable bonds is 7. The number of pyridine rings is 1. The molecule has 0 saturated heterocycles. The molecule has 0 atom stereocenters. The summed E-state index contributed by atoms with van der Waals surface area (Å²) in [6.07, 6.45) is 2.41. The number of amides is 1. The van der Waals surface area contributed by atoms with E-state index in [2.05, 4.69) is 4.98 Å². The summed E-state index contributed by atoms with van der Waals surface area (Å²) in [5.41, 5.74) is 1.29. The van der Waals surface area contributed by atoms with Gasteiger partial charge in [-0.05, 0) is 36.4 Å². The lowest BCUT2D eigenvalue weighted by Gasteiger charge is -2.13. The van der Waals surface area contributed by atoms with Crippen molar-refractivity contribution >= 4 is 39.1 Å². The van der Waals surface area contributed by atoms with Gasteiger partial charge >= 0.3 is 0 Å². The predicted molar refractivity (Wildman–Crippen MR) is 122 cm³/mol. The van der Waals surface area contributed by atoms with Crippen LogP contribution in [0.25, 0.3) is 11.1 Å². The van der Waals surface area contributed by atoms with Crippen molar-refractivity contribution in [3.8, 4) is 34.3 Å². The SMILES string of the molecule is COc1ccc(Cl)c(Oc2ncc(-c3ccc(C(=O)NS(C)(=O)=O)cc3OC)cc2Cl)c1. The Balaban J connectivity index is 1.91. The standard InChI is InChI=1S/C21H18Cl2N2O6S/c1-29-14-5-7-16(22)19(10-14)31-21-17(23)8-13(11-24-21)15-6-4-12(9-18(15)30-2)20(26)25-32(3,27)28/h4-11H,1-3H3,(H,25,26). The van der Waals surface area contributed by atoms with Crippen molar-refractivity contribution in [2.75, 3.05) is 20.5 Å². The van der Waals surface area contributed by atoms with Crippen LogP contribution in [0.2, 0.25) is 10.0 Å². The Kier molecular flexibility index (Phi) is 7.12. The Morgan fingerprint density at radius 2 is 1.72 bits per heavy atom. The number of hydrogen-bond acceptors (Lipinski definition) is 7. The molecule has 0 fully saturated rings. The summed E-state index contributed by atoms with van der Waals surface area (Å²) in [5, 5.41) is 0.569. The van der Waals surface area contributed by atoms with E-state index in [4.69, 9.17) is 37.4 Å². The number of nitrogens with one attached hydrogen (secondary N) is 1. The minimum Gasteiger partial charge on any atom is -0.497 e. The second kappa shape index (κ2) is 9.64. The number of carbonyl (C=O) groups excluding carboxylic acids is 1. The van der Waals surface area contributed by atoms with Gasteiger partial charge in [0.2, 0.25) is 15.9 Å². The molecule has 1 heterocycles. The number of sulfonamides is 1. The molecule has 0 spiro atoms. The van der Waals surface area contributed by atoms with Gasteiger partial charge in [-0.1, -0.05) is 23.2 Å². The molecule has 0 aliphatic heterocycles. The van der Waals surface area contributed by atoms with Crippen LogP contribution in [0.1, 0.15) is 10.4 Å². The van der Waals surface area contributed by atoms with Gasteiger partial charge in [-0.25, -0.2) is 18.1 Å². The van der Waals surface area contributed by atoms with Gasteiger partial charge in [0.15, 0.2) is 5.75 Å². The molecule has 0 bridgehead atoms. The molecule has 2 aromatic carbocycles. The quantitative estimate of drug-likeness (QED) is 0.511. The number of ether oxygens (including phenoxy) is 3. The van der Waals surface area contributed by atoms with E-state index in [0.717, 1.165) is 6.26 Å². The van der Waals surface area contributed by atoms with Crippen LogP contribution in [0.5, 0.6) is 23.1 Å². The molecule has 1 aromatic heterocycles. The molecular weight excluding hydrogens is 479 g/mol. The monoisotopic (exact) mass is 496 g/mol. The van der Waals surface area contributed by atoms with Gasteiger partial charge in [0.25, 0.3) is 5.91 Å². The molecule has 0 aliphatic rings. The smallest absolute Gasteiger partial charge is 0.264 e. The van der Waals surface area contributed by atoms with Gasteiger partial charge in [0, 0.05) is 29.0 Å². The van der Waals surface area contributed by atoms with Crippen LogP contribution in [0, 0.1) is 0 Å². The van der Waals surface area contributed by atoms with Gasteiger partial charge in [0.1, 0.15) is 16.5 Å². The average molecular weight is 497 g/mol. The minimum atomic E-state index is -3.70. The molecule has 0 radical (unpaired) electrons. The third kappa shape index (κ3) is 5.61. The molecule has 0 saturated carbocycles. The molecule has 0 aliphatic carbocycles. The fraction of sp³-hybridized carbons (Fsp3) is 0.143. The zero-order valence-corrected chi connectivity index (χ0v) is 19.5. The topological polar surface area (TPSA) is 104 Å². The van der Waals surface area contributed by atoms with Crippen molar-refractivity contribution < 1.29 is 27.4 Å². The van der Waals surface area contributed by atoms with Crippen molar-refractivity contribution in [1.82, 2.24) is 9.71 Å². The van der Waals surface area contributed by atoms with Crippen LogP contribution in [0.15, 0.2) is 48.7 Å². The molecule has 168 valence electrons. The molecule has 1 N–H and O–H groups in total. The van der Waals surface area contributed by atoms with Gasteiger partial charge in [-0.2, -0.15) is 0 Å². The highest BCUT2D eigenvalue weighted by Crippen LogP contribution is 2.38. The lowest BCUT2D eigenvalue weighted by Crippen LogP contribution is -2.29. The lowest BCUT2D eigenvalue weighted by molar-refractivity contribution is 0.0981. The lowest BCUT2D eigenvalue weighted by atomic mass is 10.0. The van der Waals surface area contributed by atoms with E-state index in [-0.39, 0.29) is 16.5 Å². The van der Waals surface area contributed by atoms with Crippen molar-refractivity contribution in [3.63, 3.8) is 0 Å². The highest BCUT2D eigenvalue weighted by molar-refractivity contribution is 7.89. The first-order valence-corrected chi connectivity index (χ1v) is 11.6. The molecule has 8 nitrogen and oxygen atoms in total. The highest BCUT2D eigenvalue weighted by Gasteiger charge is 2.17. The first-order valence-electron chi connectivity index (χ1n) is 8.98. The second-order valence-corrected chi connectivity index (χ2v) is 9.09. The van der Waals surface area contributed by atoms with E-state index in [1.165, 1.54) is 32.5 Å². The molecule has 3 rings (SSSR count). The first-order chi connectivity index (χ1) is 15.1. The predicted octanol–water partition coefficient (Wildman–Crippen LogP) is 4.55. The van der Waals surface area contributed by atoms with Crippen LogP contribution in [0.3, 0.4) is 0 Å². The van der Waals surface area contributed by atoms with Crippen LogP contribution < -0.4 is 18.9 Å². The fourth-order valence-corrected chi connectivity index (χ4v) is 3.55. The molecule has 0 unspecified atom stereocenters. The van der Waals surface area contributed by atoms with Crippen LogP contribution in [-0.2, 0) is 10.0 Å². The number of nitrogens with zero attached hydrogens (tertiary/aromatic N) is 1. The Morgan fingerprint density at radius 3 is 2.34 bits per heavy atom. The number of methoxy groups -OCH3 is 2. The molecule has 32 heavy (non-hydrogen) atoms. The maximum absolute atomic E-state index is 12.1. The summed E-state index contributed by atoms with van der Waals surface area (Å²) >= 11 is 12.5. The van der Waals surface area contributed by atoms with Crippen molar-refractivity contribution in [2.45, 2.75) is 0 Å². The summed E-state index contributed by atoms with van der Waals surface area (Å²) in [6, 6.07) is 11.0. The minimum absolute atomic E-state index is 0.114. The van der Waals surface area contributed by atoms with E-state index in [1.54, 1.807) is 30.3 Å². The van der Waals surface area contributed by atoms with E-state index in [1.807, 2.05) is 4.72 Å². The van der Waals surface area contributed by atoms with Crippen molar-refractivity contribution in [1.29, 1.82) is 0 Å². The van der Waals surface area contributed by atoms with Gasteiger partial charge in [-0.3, -0.25) is 4.79 Å². The van der Waals surface area contributed by atoms with Gasteiger partial charge in [-0.15, -0.1) is 0 Å². The Morgan fingerprint density at radius 1 is 0.969 bits per heavy atom. The summed E-state index contributed by atoms with van der Waals surface area (Å²) in [5.74, 6) is 0.573. The number of halogens is 2. The normalized spacial score (nSPS) is 11.0. The Bertz CT molecular complexity index is 1280. The first kappa shape index (κ1) is 23.6. The van der Waals surface area contributed by atoms with E-state index >= 15 is 0 Å². The average Bonchev–Trinajstić information content (AvgIpc) is 2.74. The van der Waals surface area contributed by atoms with Crippen molar-refractivity contribution in [2.24, 2.45) is 0 Å². The maximum atomic E-state index is 12.1. The second-order valence-electron chi connectivity index (χ2n) is 6.53. The van der Waals surface area contributed by atoms with Crippen LogP contribution in [-0.4, -0.2) is 39.8 Å². The number of hydrogen-bond donors (Lipinski definition) is 1. The number of benzene rings is 2. The summed E-state index contributed by atoms with van der Waals surface area (Å²) in [4.78, 5) is 16.4. The van der Waals surface area contributed by atoms with Crippen LogP contribution in [0.4, 0.5) is 0 Å². The Hall–Kier alpha value is -3.01. The Labute approximate surface area is 195 Å². The van der Waals surface area contributed by atoms with E-state index < -0.39 is 15.9 Å². The molecular formula is C21H18Cl2N2O6S. The molecule has 3 aromatic rings. The zero-order chi connectivity index (χ0) is 23.5. The third-order valence-corrected chi connectivity index (χ3v) is 5.34.